The molecule has 0 aliphatic heterocycles. The summed E-state index contributed by atoms with van der Waals surface area (Å²) in [6.07, 6.45) is 0. The van der Waals surface area contributed by atoms with Gasteiger partial charge in [-0.25, -0.2) is 0 Å². The maximum atomic E-state index is 8.39. The van der Waals surface area contributed by atoms with Crippen LogP contribution in [0.25, 0.3) is 0 Å². The van der Waals surface area contributed by atoms with Crippen LogP contribution in [0.15, 0.2) is 0 Å². The Morgan fingerprint density at radius 2 is 1.50 bits per heavy atom. The van der Waals surface area contributed by atoms with Crippen LogP contribution >= 0.6 is 0 Å². The first-order valence-corrected chi connectivity index (χ1v) is 1.93. The zero-order valence-corrected chi connectivity index (χ0v) is 5.50. The Bertz CT molecular complexity index is 6.00. The van der Waals surface area contributed by atoms with E-state index >= 15 is 0 Å². The van der Waals surface area contributed by atoms with E-state index < -0.39 is 0 Å². The summed E-state index contributed by atoms with van der Waals surface area (Å²) in [6.45, 7) is 0. The molecule has 1 N–H and O–H groups in total. The molecule has 0 aliphatic rings. The average Bonchev–Trinajstić information content (AvgIpc) is 1.50. The Morgan fingerprint density at radius 3 is 1.50 bits per heavy atom. The van der Waals surface area contributed by atoms with Crippen molar-refractivity contribution in [2.24, 2.45) is 0 Å². The van der Waals surface area contributed by atoms with Crippen LogP contribution < -0.4 is 0 Å². The predicted molar refractivity (Wildman–Crippen MR) is 8.83 cm³/mol. The van der Waals surface area contributed by atoms with Crippen LogP contribution in [0.4, 0.5) is 0 Å². The molecule has 0 atom stereocenters. The summed E-state index contributed by atoms with van der Waals surface area (Å²) in [6, 6.07) is 0. The minimum absolute atomic E-state index is 0.0556. The van der Waals surface area contributed by atoms with Crippen molar-refractivity contribution in [3.05, 3.63) is 0 Å². The Balaban J connectivity index is 0. The van der Waals surface area contributed by atoms with Crippen molar-refractivity contribution in [2.45, 2.75) is 0 Å². The van der Waals surface area contributed by atoms with Gasteiger partial charge in [-0.15, -0.1) is 0 Å². The van der Waals surface area contributed by atoms with Gasteiger partial charge in [0.15, 0.2) is 0 Å². The number of aliphatic hydroxyl groups is 1. The third-order valence-electron chi connectivity index (χ3n) is 0. The molecular formula is CH4CeO2. The van der Waals surface area contributed by atoms with Gasteiger partial charge in [0.1, 0.15) is 0 Å². The Morgan fingerprint density at radius 1 is 1.50 bits per heavy atom. The van der Waals surface area contributed by atoms with Gasteiger partial charge in [0.2, 0.25) is 0 Å². The average molecular weight is 188 g/mol. The van der Waals surface area contributed by atoms with E-state index in [1.807, 2.05) is 0 Å². The van der Waals surface area contributed by atoms with Crippen LogP contribution in [0.1, 0.15) is 0 Å². The summed E-state index contributed by atoms with van der Waals surface area (Å²) in [5, 5.41) is 7.00. The van der Waals surface area contributed by atoms with E-state index in [4.69, 9.17) is 6.04 Å². The van der Waals surface area contributed by atoms with Gasteiger partial charge in [-0.1, -0.05) is 0 Å². The predicted octanol–water partition coefficient (Wildman–Crippen LogP) is -0.510. The molecule has 0 aromatic rings. The van der Waals surface area contributed by atoms with Gasteiger partial charge in [-0.3, -0.25) is 0 Å². The molecule has 3 heteroatoms. The van der Waals surface area contributed by atoms with Crippen LogP contribution in [0.5, 0.6) is 0 Å². The van der Waals surface area contributed by atoms with Gasteiger partial charge in [0.05, 0.1) is 0 Å². The van der Waals surface area contributed by atoms with Gasteiger partial charge < -0.3 is 5.11 Å². The zero-order chi connectivity index (χ0) is 4.00. The number of hydrogen-bond acceptors (Lipinski definition) is 2. The van der Waals surface area contributed by atoms with E-state index in [0.717, 1.165) is 7.11 Å². The molecule has 0 radical (unpaired) electrons. The normalized spacial score (nSPS) is 2.25. The van der Waals surface area contributed by atoms with E-state index in [1.165, 1.54) is 0 Å². The fraction of sp³-hybridized carbons (Fsp3) is 1.00. The monoisotopic (exact) mass is 188 g/mol. The molecule has 0 saturated carbocycles. The Kier molecular flexibility index (Phi) is 70.4. The standard InChI is InChI=1S/CH4O.Ce.O/c1-2;;/h2H,1H3;;. The van der Waals surface area contributed by atoms with E-state index in [-0.39, 0.29) is 39.8 Å². The van der Waals surface area contributed by atoms with Crippen molar-refractivity contribution in [3.8, 4) is 0 Å². The summed E-state index contributed by atoms with van der Waals surface area (Å²) in [7, 11) is 1.00. The van der Waals surface area contributed by atoms with E-state index in [0.29, 0.717) is 0 Å². The molecule has 0 heterocycles. The third kappa shape index (κ3) is 11.1. The van der Waals surface area contributed by atoms with Crippen LogP contribution in [-0.2, 0) is 0.938 Å². The van der Waals surface area contributed by atoms with Crippen molar-refractivity contribution in [1.29, 1.82) is 0 Å². The molecule has 0 aliphatic carbocycles. The second kappa shape index (κ2) is 31.5. The maximum absolute atomic E-state index is 8.39. The van der Waals surface area contributed by atoms with Crippen molar-refractivity contribution in [3.63, 3.8) is 0 Å². The minimum atomic E-state index is 0.0556. The summed E-state index contributed by atoms with van der Waals surface area (Å²) < 4.78 is 8.39. The molecule has 0 aromatic carbocycles. The zero-order valence-electron chi connectivity index (χ0n) is 2.36. The van der Waals surface area contributed by atoms with Crippen molar-refractivity contribution in [1.82, 2.24) is 0 Å². The first kappa shape index (κ1) is 8.93. The molecule has 0 aromatic heterocycles. The SMILES string of the molecule is CO.[O]=[Ce]. The Labute approximate surface area is 52.4 Å². The van der Waals surface area contributed by atoms with Crippen LogP contribution in [0.2, 0.25) is 0 Å². The molecule has 0 amide bonds. The summed E-state index contributed by atoms with van der Waals surface area (Å²) >= 11 is 0.0556. The van der Waals surface area contributed by atoms with Crippen molar-refractivity contribution in [2.75, 3.05) is 7.11 Å². The van der Waals surface area contributed by atoms with Crippen molar-refractivity contribution < 1.29 is 45.8 Å². The topological polar surface area (TPSA) is 37.3 Å². The molecule has 0 spiro atoms. The second-order valence-corrected chi connectivity index (χ2v) is 0. The molecule has 0 unspecified atom stereocenters. The molecule has 2 nitrogen and oxygen atoms in total. The molecule has 0 rings (SSSR count). The number of hydrogen-bond donors (Lipinski definition) is 1. The van der Waals surface area contributed by atoms with Gasteiger partial charge in [0, 0.05) is 7.11 Å². The molecule has 24 valence electrons. The molecular weight excluding hydrogens is 184 g/mol. The first-order valence-electron chi connectivity index (χ1n) is 0.651. The molecule has 4 heavy (non-hydrogen) atoms. The van der Waals surface area contributed by atoms with Crippen LogP contribution in [0, 0.1) is 39.8 Å². The fourth-order valence-corrected chi connectivity index (χ4v) is 0. The number of aliphatic hydroxyl groups excluding tert-OH is 1. The van der Waals surface area contributed by atoms with E-state index in [9.17, 15) is 0 Å². The molecule has 0 fully saturated rings. The van der Waals surface area contributed by atoms with Gasteiger partial charge in [-0.05, 0) is 0 Å². The van der Waals surface area contributed by atoms with Gasteiger partial charge in [0.25, 0.3) is 0 Å². The molecule has 0 saturated heterocycles. The summed E-state index contributed by atoms with van der Waals surface area (Å²) in [5.74, 6) is 0. The van der Waals surface area contributed by atoms with Crippen LogP contribution in [0.3, 0.4) is 0 Å². The summed E-state index contributed by atoms with van der Waals surface area (Å²) in [4.78, 5) is 0. The number of rotatable bonds is 0. The molecule has 0 bridgehead atoms. The third-order valence-corrected chi connectivity index (χ3v) is 0. The van der Waals surface area contributed by atoms with E-state index in [2.05, 4.69) is 0 Å². The van der Waals surface area contributed by atoms with Gasteiger partial charge in [-0.2, -0.15) is 0 Å². The van der Waals surface area contributed by atoms with Crippen LogP contribution in [-0.4, -0.2) is 12.2 Å². The quantitative estimate of drug-likeness (QED) is 0.556. The second-order valence-electron chi connectivity index (χ2n) is 0. The van der Waals surface area contributed by atoms with Gasteiger partial charge >= 0.3 is 40.7 Å². The fourth-order valence-electron chi connectivity index (χ4n) is 0. The van der Waals surface area contributed by atoms with Crippen molar-refractivity contribution >= 4 is 0 Å². The Hall–Kier alpha value is 1.14. The summed E-state index contributed by atoms with van der Waals surface area (Å²) in [5.41, 5.74) is 0. The first-order chi connectivity index (χ1) is 2.00. The van der Waals surface area contributed by atoms with E-state index in [1.54, 1.807) is 0 Å².